The van der Waals surface area contributed by atoms with Crippen molar-refractivity contribution >= 4 is 50.2 Å². The van der Waals surface area contributed by atoms with Crippen LogP contribution in [0.5, 0.6) is 5.75 Å². The number of aryl methyl sites for hydroxylation is 2. The Kier molecular flexibility index (Phi) is 5.21. The van der Waals surface area contributed by atoms with Gasteiger partial charge >= 0.3 is 0 Å². The molecule has 4 nitrogen and oxygen atoms in total. The lowest BCUT2D eigenvalue weighted by atomic mass is 10.1. The minimum atomic E-state index is -0.246. The third-order valence-corrected chi connectivity index (χ3v) is 4.55. The molecule has 0 radical (unpaired) electrons. The highest BCUT2D eigenvalue weighted by atomic mass is 127. The second kappa shape index (κ2) is 6.74. The van der Waals surface area contributed by atoms with Gasteiger partial charge in [-0.05, 0) is 66.3 Å². The van der Waals surface area contributed by atoms with Gasteiger partial charge < -0.3 is 10.1 Å². The predicted octanol–water partition coefficient (Wildman–Crippen LogP) is 4.33. The zero-order valence-electron chi connectivity index (χ0n) is 11.8. The lowest BCUT2D eigenvalue weighted by Gasteiger charge is -2.12. The largest absolute Gasteiger partial charge is 0.496 e. The number of methoxy groups -OCH3 is 1. The van der Waals surface area contributed by atoms with Crippen LogP contribution in [0.2, 0.25) is 0 Å². The van der Waals surface area contributed by atoms with Crippen molar-refractivity contribution in [3.8, 4) is 5.75 Å². The molecule has 0 unspecified atom stereocenters. The van der Waals surface area contributed by atoms with Gasteiger partial charge in [0.2, 0.25) is 0 Å². The van der Waals surface area contributed by atoms with E-state index in [0.29, 0.717) is 17.1 Å². The first-order valence-electron chi connectivity index (χ1n) is 6.21. The van der Waals surface area contributed by atoms with Gasteiger partial charge in [-0.15, -0.1) is 0 Å². The summed E-state index contributed by atoms with van der Waals surface area (Å²) in [4.78, 5) is 16.8. The molecule has 2 aromatic rings. The summed E-state index contributed by atoms with van der Waals surface area (Å²) in [7, 11) is 1.56. The maximum atomic E-state index is 12.4. The van der Waals surface area contributed by atoms with Crippen molar-refractivity contribution in [1.29, 1.82) is 0 Å². The van der Waals surface area contributed by atoms with Crippen LogP contribution in [0.1, 0.15) is 21.6 Å². The number of nitrogens with one attached hydrogen (secondary N) is 1. The highest BCUT2D eigenvalue weighted by Crippen LogP contribution is 2.28. The Balaban J connectivity index is 2.34. The first-order valence-corrected chi connectivity index (χ1v) is 8.08. The maximum Gasteiger partial charge on any atom is 0.260 e. The molecule has 0 saturated carbocycles. The molecule has 1 aromatic heterocycles. The van der Waals surface area contributed by atoms with Crippen LogP contribution in [0.15, 0.2) is 28.7 Å². The van der Waals surface area contributed by atoms with Crippen LogP contribution >= 0.6 is 38.5 Å². The quantitative estimate of drug-likeness (QED) is 0.693. The van der Waals surface area contributed by atoms with Gasteiger partial charge in [0.15, 0.2) is 0 Å². The SMILES string of the molecule is COc1c(C)cc(Br)cc1C(=O)Nc1ccc(I)c(C)n1. The average molecular weight is 461 g/mol. The topological polar surface area (TPSA) is 51.2 Å². The van der Waals surface area contributed by atoms with Crippen LogP contribution in [0.4, 0.5) is 5.82 Å². The van der Waals surface area contributed by atoms with Gasteiger partial charge in [-0.2, -0.15) is 0 Å². The molecule has 0 saturated heterocycles. The molecule has 6 heteroatoms. The van der Waals surface area contributed by atoms with Crippen molar-refractivity contribution in [3.63, 3.8) is 0 Å². The summed E-state index contributed by atoms with van der Waals surface area (Å²) in [5, 5.41) is 2.80. The Morgan fingerprint density at radius 2 is 2.05 bits per heavy atom. The van der Waals surface area contributed by atoms with Crippen molar-refractivity contribution in [3.05, 3.63) is 49.1 Å². The van der Waals surface area contributed by atoms with Gasteiger partial charge in [-0.3, -0.25) is 4.79 Å². The van der Waals surface area contributed by atoms with Crippen molar-refractivity contribution < 1.29 is 9.53 Å². The molecule has 0 aliphatic rings. The third-order valence-electron chi connectivity index (χ3n) is 2.95. The number of carbonyl (C=O) groups excluding carboxylic acids is 1. The number of halogens is 2. The molecule has 0 atom stereocenters. The Labute approximate surface area is 145 Å². The molecular weight excluding hydrogens is 447 g/mol. The van der Waals surface area contributed by atoms with Crippen LogP contribution < -0.4 is 10.1 Å². The van der Waals surface area contributed by atoms with Crippen molar-refractivity contribution in [2.75, 3.05) is 12.4 Å². The Bertz CT molecular complexity index is 704. The lowest BCUT2D eigenvalue weighted by Crippen LogP contribution is -2.15. The van der Waals surface area contributed by atoms with Crippen LogP contribution in [0.25, 0.3) is 0 Å². The van der Waals surface area contributed by atoms with E-state index in [1.807, 2.05) is 26.0 Å². The van der Waals surface area contributed by atoms with E-state index in [2.05, 4.69) is 48.8 Å². The molecule has 0 aliphatic carbocycles. The van der Waals surface area contributed by atoms with Gasteiger partial charge in [0.25, 0.3) is 5.91 Å². The minimum absolute atomic E-state index is 0.246. The van der Waals surface area contributed by atoms with Crippen molar-refractivity contribution in [1.82, 2.24) is 4.98 Å². The highest BCUT2D eigenvalue weighted by Gasteiger charge is 2.16. The normalized spacial score (nSPS) is 10.3. The molecule has 0 fully saturated rings. The smallest absolute Gasteiger partial charge is 0.260 e. The zero-order chi connectivity index (χ0) is 15.6. The molecule has 0 spiro atoms. The summed E-state index contributed by atoms with van der Waals surface area (Å²) in [5.74, 6) is 0.847. The predicted molar refractivity (Wildman–Crippen MR) is 95.1 cm³/mol. The Morgan fingerprint density at radius 3 is 2.67 bits per heavy atom. The van der Waals surface area contributed by atoms with Gasteiger partial charge in [0, 0.05) is 8.04 Å². The standard InChI is InChI=1S/C15H14BrIN2O2/c1-8-6-10(16)7-11(14(8)21-3)15(20)19-13-5-4-12(17)9(2)18-13/h4-7H,1-3H3,(H,18,19,20). The monoisotopic (exact) mass is 460 g/mol. The number of carbonyl (C=O) groups is 1. The second-order valence-electron chi connectivity index (χ2n) is 4.52. The fourth-order valence-corrected chi connectivity index (χ4v) is 2.84. The van der Waals surface area contributed by atoms with E-state index in [-0.39, 0.29) is 5.91 Å². The number of nitrogens with zero attached hydrogens (tertiary/aromatic N) is 1. The molecule has 110 valence electrons. The van der Waals surface area contributed by atoms with Crippen LogP contribution in [-0.4, -0.2) is 18.0 Å². The van der Waals surface area contributed by atoms with E-state index in [4.69, 9.17) is 4.74 Å². The Hall–Kier alpha value is -1.15. The number of benzene rings is 1. The molecular formula is C15H14BrIN2O2. The van der Waals surface area contributed by atoms with E-state index < -0.39 is 0 Å². The minimum Gasteiger partial charge on any atom is -0.496 e. The van der Waals surface area contributed by atoms with Crippen molar-refractivity contribution in [2.24, 2.45) is 0 Å². The lowest BCUT2D eigenvalue weighted by molar-refractivity contribution is 0.102. The molecule has 21 heavy (non-hydrogen) atoms. The second-order valence-corrected chi connectivity index (χ2v) is 6.60. The number of aromatic nitrogens is 1. The molecule has 1 amide bonds. The number of pyridine rings is 1. The number of amides is 1. The van der Waals surface area contributed by atoms with Crippen LogP contribution in [0.3, 0.4) is 0 Å². The van der Waals surface area contributed by atoms with E-state index in [0.717, 1.165) is 19.3 Å². The zero-order valence-corrected chi connectivity index (χ0v) is 15.6. The molecule has 0 aliphatic heterocycles. The number of rotatable bonds is 3. The summed E-state index contributed by atoms with van der Waals surface area (Å²) in [6, 6.07) is 7.34. The molecule has 1 heterocycles. The van der Waals surface area contributed by atoms with E-state index in [9.17, 15) is 4.79 Å². The third kappa shape index (κ3) is 3.74. The number of hydrogen-bond acceptors (Lipinski definition) is 3. The number of anilines is 1. The fraction of sp³-hybridized carbons (Fsp3) is 0.200. The molecule has 1 aromatic carbocycles. The van der Waals surface area contributed by atoms with Crippen LogP contribution in [0, 0.1) is 17.4 Å². The van der Waals surface area contributed by atoms with E-state index in [1.54, 1.807) is 19.2 Å². The summed E-state index contributed by atoms with van der Waals surface area (Å²) in [6.07, 6.45) is 0. The average Bonchev–Trinajstić information content (AvgIpc) is 2.42. The number of ether oxygens (including phenoxy) is 1. The molecule has 0 bridgehead atoms. The van der Waals surface area contributed by atoms with Gasteiger partial charge in [0.05, 0.1) is 18.4 Å². The maximum absolute atomic E-state index is 12.4. The summed E-state index contributed by atoms with van der Waals surface area (Å²) < 4.78 is 7.22. The van der Waals surface area contributed by atoms with Crippen LogP contribution in [-0.2, 0) is 0 Å². The highest BCUT2D eigenvalue weighted by molar-refractivity contribution is 14.1. The summed E-state index contributed by atoms with van der Waals surface area (Å²) in [5.41, 5.74) is 2.25. The molecule has 2 rings (SSSR count). The van der Waals surface area contributed by atoms with Gasteiger partial charge in [0.1, 0.15) is 11.6 Å². The first-order chi connectivity index (χ1) is 9.92. The van der Waals surface area contributed by atoms with Crippen molar-refractivity contribution in [2.45, 2.75) is 13.8 Å². The molecule has 1 N–H and O–H groups in total. The van der Waals surface area contributed by atoms with Gasteiger partial charge in [-0.25, -0.2) is 4.98 Å². The Morgan fingerprint density at radius 1 is 1.33 bits per heavy atom. The van der Waals surface area contributed by atoms with E-state index in [1.165, 1.54) is 0 Å². The van der Waals surface area contributed by atoms with Gasteiger partial charge in [-0.1, -0.05) is 15.9 Å². The summed E-state index contributed by atoms with van der Waals surface area (Å²) in [6.45, 7) is 3.80. The fourth-order valence-electron chi connectivity index (χ4n) is 1.97. The summed E-state index contributed by atoms with van der Waals surface area (Å²) >= 11 is 5.60. The first kappa shape index (κ1) is 16.2. The number of hydrogen-bond donors (Lipinski definition) is 1. The van der Waals surface area contributed by atoms with E-state index >= 15 is 0 Å².